The molecule has 1 amide bonds. The Labute approximate surface area is 152 Å². The van der Waals surface area contributed by atoms with Gasteiger partial charge in [-0.1, -0.05) is 6.07 Å². The van der Waals surface area contributed by atoms with E-state index in [4.69, 9.17) is 9.47 Å². The number of nitrogens with zero attached hydrogens (tertiary/aromatic N) is 4. The second-order valence-corrected chi connectivity index (χ2v) is 5.35. The summed E-state index contributed by atoms with van der Waals surface area (Å²) < 4.78 is 38.1. The van der Waals surface area contributed by atoms with E-state index in [2.05, 4.69) is 20.8 Å². The SMILES string of the molecule is COc1cccc(OCC(=O)NCc2nnnn2-c2ccc(F)c(F)c2)c1. The molecule has 0 fully saturated rings. The largest absolute Gasteiger partial charge is 0.497 e. The van der Waals surface area contributed by atoms with E-state index in [1.54, 1.807) is 24.3 Å². The monoisotopic (exact) mass is 375 g/mol. The van der Waals surface area contributed by atoms with E-state index in [1.165, 1.54) is 17.9 Å². The Hall–Kier alpha value is -3.56. The lowest BCUT2D eigenvalue weighted by Gasteiger charge is -2.09. The second-order valence-electron chi connectivity index (χ2n) is 5.35. The first kappa shape index (κ1) is 18.2. The number of tetrazole rings is 1. The minimum atomic E-state index is -1.02. The Kier molecular flexibility index (Phi) is 5.55. The van der Waals surface area contributed by atoms with Gasteiger partial charge in [-0.3, -0.25) is 4.79 Å². The molecule has 0 spiro atoms. The molecule has 3 rings (SSSR count). The van der Waals surface area contributed by atoms with Gasteiger partial charge in [-0.15, -0.1) is 5.10 Å². The molecule has 0 bridgehead atoms. The lowest BCUT2D eigenvalue weighted by atomic mass is 10.3. The highest BCUT2D eigenvalue weighted by molar-refractivity contribution is 5.77. The van der Waals surface area contributed by atoms with Crippen LogP contribution in [0, 0.1) is 11.6 Å². The summed E-state index contributed by atoms with van der Waals surface area (Å²) in [4.78, 5) is 12.0. The number of halogens is 2. The van der Waals surface area contributed by atoms with Gasteiger partial charge in [0.25, 0.3) is 5.91 Å². The Morgan fingerprint density at radius 3 is 2.74 bits per heavy atom. The van der Waals surface area contributed by atoms with Gasteiger partial charge in [0, 0.05) is 12.1 Å². The van der Waals surface area contributed by atoms with Crippen molar-refractivity contribution < 1.29 is 23.0 Å². The molecule has 0 saturated carbocycles. The Bertz CT molecular complexity index is 948. The first-order valence-corrected chi connectivity index (χ1v) is 7.83. The normalized spacial score (nSPS) is 10.5. The van der Waals surface area contributed by atoms with E-state index in [9.17, 15) is 13.6 Å². The topological polar surface area (TPSA) is 91.2 Å². The van der Waals surface area contributed by atoms with Gasteiger partial charge in [0.1, 0.15) is 11.5 Å². The molecule has 0 unspecified atom stereocenters. The van der Waals surface area contributed by atoms with Gasteiger partial charge in [0.15, 0.2) is 24.1 Å². The van der Waals surface area contributed by atoms with Crippen LogP contribution in [0.5, 0.6) is 11.5 Å². The zero-order chi connectivity index (χ0) is 19.2. The summed E-state index contributed by atoms with van der Waals surface area (Å²) in [5.41, 5.74) is 0.232. The van der Waals surface area contributed by atoms with Crippen molar-refractivity contribution in [3.05, 3.63) is 59.9 Å². The molecule has 8 nitrogen and oxygen atoms in total. The number of hydrogen-bond donors (Lipinski definition) is 1. The summed E-state index contributed by atoms with van der Waals surface area (Å²) in [7, 11) is 1.53. The van der Waals surface area contributed by atoms with E-state index in [0.29, 0.717) is 11.5 Å². The molecule has 0 aliphatic rings. The van der Waals surface area contributed by atoms with Crippen LogP contribution in [0.3, 0.4) is 0 Å². The minimum Gasteiger partial charge on any atom is -0.497 e. The molecule has 0 atom stereocenters. The summed E-state index contributed by atoms with van der Waals surface area (Å²) >= 11 is 0. The van der Waals surface area contributed by atoms with Crippen molar-refractivity contribution in [2.75, 3.05) is 13.7 Å². The first-order chi connectivity index (χ1) is 13.1. The van der Waals surface area contributed by atoms with Crippen LogP contribution in [0.2, 0.25) is 0 Å². The number of rotatable bonds is 7. The number of nitrogens with one attached hydrogen (secondary N) is 1. The third kappa shape index (κ3) is 4.54. The average molecular weight is 375 g/mol. The van der Waals surface area contributed by atoms with Crippen molar-refractivity contribution >= 4 is 5.91 Å². The fourth-order valence-corrected chi connectivity index (χ4v) is 2.20. The fraction of sp³-hybridized carbons (Fsp3) is 0.176. The van der Waals surface area contributed by atoms with Crippen LogP contribution >= 0.6 is 0 Å². The molecular formula is C17H15F2N5O3. The number of aromatic nitrogens is 4. The highest BCUT2D eigenvalue weighted by Gasteiger charge is 2.12. The number of benzene rings is 2. The van der Waals surface area contributed by atoms with Crippen LogP contribution in [-0.2, 0) is 11.3 Å². The molecule has 0 aliphatic carbocycles. The third-order valence-electron chi connectivity index (χ3n) is 3.54. The summed E-state index contributed by atoms with van der Waals surface area (Å²) in [6.07, 6.45) is 0. The average Bonchev–Trinajstić information content (AvgIpc) is 3.15. The van der Waals surface area contributed by atoms with Crippen molar-refractivity contribution in [2.45, 2.75) is 6.54 Å². The maximum absolute atomic E-state index is 13.4. The number of carbonyl (C=O) groups is 1. The van der Waals surface area contributed by atoms with Crippen molar-refractivity contribution in [3.8, 4) is 17.2 Å². The molecule has 0 saturated heterocycles. The lowest BCUT2D eigenvalue weighted by molar-refractivity contribution is -0.123. The summed E-state index contributed by atoms with van der Waals surface area (Å²) in [5.74, 6) is -1.07. The van der Waals surface area contributed by atoms with Crippen LogP contribution < -0.4 is 14.8 Å². The molecule has 0 radical (unpaired) electrons. The number of amides is 1. The van der Waals surface area contributed by atoms with Crippen molar-refractivity contribution in [2.24, 2.45) is 0 Å². The molecule has 3 aromatic rings. The molecule has 1 heterocycles. The zero-order valence-electron chi connectivity index (χ0n) is 14.2. The minimum absolute atomic E-state index is 0.0215. The summed E-state index contributed by atoms with van der Waals surface area (Å²) in [6.45, 7) is -0.244. The number of carbonyl (C=O) groups excluding carboxylic acids is 1. The van der Waals surface area contributed by atoms with Crippen LogP contribution in [0.4, 0.5) is 8.78 Å². The van der Waals surface area contributed by atoms with E-state index in [0.717, 1.165) is 12.1 Å². The standard InChI is InChI=1S/C17H15F2N5O3/c1-26-12-3-2-4-13(8-12)27-10-17(25)20-9-16-21-22-23-24(16)11-5-6-14(18)15(19)7-11/h2-8H,9-10H2,1H3,(H,20,25). The van der Waals surface area contributed by atoms with Crippen LogP contribution in [-0.4, -0.2) is 39.8 Å². The van der Waals surface area contributed by atoms with E-state index >= 15 is 0 Å². The van der Waals surface area contributed by atoms with Gasteiger partial charge in [-0.2, -0.15) is 4.68 Å². The number of hydrogen-bond acceptors (Lipinski definition) is 6. The van der Waals surface area contributed by atoms with Crippen LogP contribution in [0.25, 0.3) is 5.69 Å². The van der Waals surface area contributed by atoms with Gasteiger partial charge in [-0.25, -0.2) is 8.78 Å². The van der Waals surface area contributed by atoms with E-state index in [1.807, 2.05) is 0 Å². The molecular weight excluding hydrogens is 360 g/mol. The lowest BCUT2D eigenvalue weighted by Crippen LogP contribution is -2.29. The van der Waals surface area contributed by atoms with Crippen LogP contribution in [0.15, 0.2) is 42.5 Å². The molecule has 2 aromatic carbocycles. The van der Waals surface area contributed by atoms with Gasteiger partial charge in [0.2, 0.25) is 0 Å². The van der Waals surface area contributed by atoms with Crippen molar-refractivity contribution in [3.63, 3.8) is 0 Å². The molecule has 1 aromatic heterocycles. The molecule has 140 valence electrons. The highest BCUT2D eigenvalue weighted by Crippen LogP contribution is 2.18. The smallest absolute Gasteiger partial charge is 0.258 e. The summed E-state index contributed by atoms with van der Waals surface area (Å²) in [6, 6.07) is 10.1. The third-order valence-corrected chi connectivity index (χ3v) is 3.54. The molecule has 1 N–H and O–H groups in total. The maximum atomic E-state index is 13.4. The quantitative estimate of drug-likeness (QED) is 0.675. The Morgan fingerprint density at radius 1 is 1.15 bits per heavy atom. The van der Waals surface area contributed by atoms with E-state index < -0.39 is 17.5 Å². The zero-order valence-corrected chi connectivity index (χ0v) is 14.2. The highest BCUT2D eigenvalue weighted by atomic mass is 19.2. The van der Waals surface area contributed by atoms with Gasteiger partial charge in [0.05, 0.1) is 19.3 Å². The predicted octanol–water partition coefficient (Wildman–Crippen LogP) is 1.64. The van der Waals surface area contributed by atoms with Crippen molar-refractivity contribution in [1.29, 1.82) is 0 Å². The first-order valence-electron chi connectivity index (χ1n) is 7.83. The predicted molar refractivity (Wildman–Crippen MR) is 89.4 cm³/mol. The maximum Gasteiger partial charge on any atom is 0.258 e. The van der Waals surface area contributed by atoms with E-state index in [-0.39, 0.29) is 24.7 Å². The molecule has 27 heavy (non-hydrogen) atoms. The second kappa shape index (κ2) is 8.21. The van der Waals surface area contributed by atoms with Gasteiger partial charge >= 0.3 is 0 Å². The van der Waals surface area contributed by atoms with Crippen molar-refractivity contribution in [1.82, 2.24) is 25.5 Å². The van der Waals surface area contributed by atoms with Gasteiger partial charge < -0.3 is 14.8 Å². The van der Waals surface area contributed by atoms with Gasteiger partial charge in [-0.05, 0) is 34.7 Å². The Balaban J connectivity index is 1.58. The molecule has 0 aliphatic heterocycles. The summed E-state index contributed by atoms with van der Waals surface area (Å²) in [5, 5.41) is 13.6. The number of ether oxygens (including phenoxy) is 2. The molecule has 10 heteroatoms. The Morgan fingerprint density at radius 2 is 1.96 bits per heavy atom. The van der Waals surface area contributed by atoms with Crippen LogP contribution in [0.1, 0.15) is 5.82 Å². The number of methoxy groups -OCH3 is 1. The fourth-order valence-electron chi connectivity index (χ4n) is 2.20.